The summed E-state index contributed by atoms with van der Waals surface area (Å²) in [5.41, 5.74) is 0. The molecule has 0 aliphatic heterocycles. The van der Waals surface area contributed by atoms with Crippen LogP contribution in [0.2, 0.25) is 12.1 Å². The fourth-order valence-electron chi connectivity index (χ4n) is 3.65. The van der Waals surface area contributed by atoms with Crippen LogP contribution in [0.3, 0.4) is 0 Å². The van der Waals surface area contributed by atoms with Gasteiger partial charge in [0.2, 0.25) is 0 Å². The lowest BCUT2D eigenvalue weighted by Gasteiger charge is -2.34. The number of rotatable bonds is 14. The van der Waals surface area contributed by atoms with E-state index in [1.54, 1.807) is 42.7 Å². The first-order valence-electron chi connectivity index (χ1n) is 9.54. The first-order valence-corrected chi connectivity index (χ1v) is 14.5. The van der Waals surface area contributed by atoms with Gasteiger partial charge in [-0.25, -0.2) is 0 Å². The molecule has 10 heteroatoms. The highest BCUT2D eigenvalue weighted by molar-refractivity contribution is 7.99. The molecule has 0 bridgehead atoms. The average Bonchev–Trinajstić information content (AvgIpc) is 2.72. The molecule has 27 heavy (non-hydrogen) atoms. The van der Waals surface area contributed by atoms with Gasteiger partial charge in [0.15, 0.2) is 0 Å². The Morgan fingerprint density at radius 1 is 0.815 bits per heavy atom. The van der Waals surface area contributed by atoms with Crippen molar-refractivity contribution in [1.29, 1.82) is 0 Å². The molecule has 1 N–H and O–H groups in total. The number of hydrogen-bond donors (Lipinski definition) is 1. The maximum atomic E-state index is 10.4. The van der Waals surface area contributed by atoms with E-state index < -0.39 is 17.6 Å². The van der Waals surface area contributed by atoms with E-state index in [1.807, 2.05) is 11.8 Å². The maximum absolute atomic E-state index is 10.4. The third-order valence-corrected chi connectivity index (χ3v) is 12.6. The van der Waals surface area contributed by atoms with E-state index in [0.29, 0.717) is 5.92 Å². The predicted octanol–water partition coefficient (Wildman–Crippen LogP) is 2.79. The molecule has 1 aliphatic rings. The van der Waals surface area contributed by atoms with E-state index in [1.165, 1.54) is 0 Å². The number of aliphatic hydroxyl groups is 1. The summed E-state index contributed by atoms with van der Waals surface area (Å²) in [5, 5.41) is 10.7. The van der Waals surface area contributed by atoms with Gasteiger partial charge in [-0.1, -0.05) is 0 Å². The zero-order chi connectivity index (χ0) is 20.3. The first kappa shape index (κ1) is 25.5. The number of aliphatic hydroxyl groups excluding tert-OH is 1. The second-order valence-electron chi connectivity index (χ2n) is 6.89. The Hall–Kier alpha value is 0.504. The van der Waals surface area contributed by atoms with Crippen molar-refractivity contribution in [2.75, 3.05) is 48.4 Å². The van der Waals surface area contributed by atoms with Gasteiger partial charge in [0, 0.05) is 60.0 Å². The molecule has 0 heterocycles. The van der Waals surface area contributed by atoms with Gasteiger partial charge in [0.05, 0.1) is 6.10 Å². The average molecular weight is 443 g/mol. The van der Waals surface area contributed by atoms with Crippen LogP contribution in [0.1, 0.15) is 32.1 Å². The molecule has 0 aromatic heterocycles. The fourth-order valence-corrected chi connectivity index (χ4v) is 8.89. The zero-order valence-electron chi connectivity index (χ0n) is 17.7. The van der Waals surface area contributed by atoms with Crippen molar-refractivity contribution in [2.24, 2.45) is 5.92 Å². The Labute approximate surface area is 171 Å². The lowest BCUT2D eigenvalue weighted by Crippen LogP contribution is -2.43. The minimum atomic E-state index is -2.51. The molecular weight excluding hydrogens is 404 g/mol. The molecule has 7 nitrogen and oxygen atoms in total. The molecule has 3 atom stereocenters. The van der Waals surface area contributed by atoms with Crippen LogP contribution in [-0.2, 0) is 26.6 Å². The normalized spacial score (nSPS) is 24.3. The van der Waals surface area contributed by atoms with Crippen LogP contribution in [0.5, 0.6) is 0 Å². The Morgan fingerprint density at radius 3 is 1.85 bits per heavy atom. The molecule has 1 fully saturated rings. The lowest BCUT2D eigenvalue weighted by molar-refractivity contribution is 0.104. The van der Waals surface area contributed by atoms with Crippen molar-refractivity contribution >= 4 is 29.4 Å². The molecule has 0 spiro atoms. The third-order valence-electron chi connectivity index (χ3n) is 5.55. The lowest BCUT2D eigenvalue weighted by atomic mass is 9.85. The van der Waals surface area contributed by atoms with Gasteiger partial charge in [-0.2, -0.15) is 11.8 Å². The summed E-state index contributed by atoms with van der Waals surface area (Å²) < 4.78 is 33.0. The SMILES string of the molecule is CO[Si](CCCSC1CC(CC[Si](OC)(OC)OC)CCC1O)(OC)OC. The van der Waals surface area contributed by atoms with E-state index in [0.717, 1.165) is 49.9 Å². The molecule has 1 aliphatic carbocycles. The monoisotopic (exact) mass is 442 g/mol. The highest BCUT2D eigenvalue weighted by Crippen LogP contribution is 2.36. The van der Waals surface area contributed by atoms with Crippen LogP contribution in [0, 0.1) is 5.92 Å². The topological polar surface area (TPSA) is 75.6 Å². The Bertz CT molecular complexity index is 381. The van der Waals surface area contributed by atoms with E-state index in [2.05, 4.69) is 0 Å². The van der Waals surface area contributed by atoms with E-state index in [9.17, 15) is 5.11 Å². The van der Waals surface area contributed by atoms with Crippen LogP contribution in [0.25, 0.3) is 0 Å². The summed E-state index contributed by atoms with van der Waals surface area (Å²) in [4.78, 5) is 0. The standard InChI is InChI=1S/C17H38O7SSi2/c1-19-26(20-2,21-3)12-7-11-25-17-14-15(8-9-16(17)18)10-13-27(22-4,23-5)24-6/h15-18H,7-14H2,1-6H3. The smallest absolute Gasteiger partial charge is 0.392 e. The largest absolute Gasteiger partial charge is 0.500 e. The highest BCUT2D eigenvalue weighted by atomic mass is 32.2. The van der Waals surface area contributed by atoms with E-state index in [-0.39, 0.29) is 11.4 Å². The van der Waals surface area contributed by atoms with Crippen molar-refractivity contribution in [2.45, 2.75) is 55.5 Å². The minimum Gasteiger partial charge on any atom is -0.392 e. The van der Waals surface area contributed by atoms with Crippen molar-refractivity contribution < 1.29 is 31.7 Å². The van der Waals surface area contributed by atoms with Gasteiger partial charge in [0.25, 0.3) is 0 Å². The van der Waals surface area contributed by atoms with Crippen molar-refractivity contribution in [3.63, 3.8) is 0 Å². The molecular formula is C17H38O7SSi2. The van der Waals surface area contributed by atoms with Gasteiger partial charge in [-0.15, -0.1) is 0 Å². The number of hydrogen-bond acceptors (Lipinski definition) is 8. The summed E-state index contributed by atoms with van der Waals surface area (Å²) in [6.45, 7) is 0. The molecule has 0 amide bonds. The molecule has 1 rings (SSSR count). The summed E-state index contributed by atoms with van der Waals surface area (Å²) >= 11 is 1.86. The molecule has 1 saturated carbocycles. The molecule has 0 aromatic rings. The Morgan fingerprint density at radius 2 is 1.33 bits per heavy atom. The van der Waals surface area contributed by atoms with Gasteiger partial charge >= 0.3 is 17.6 Å². The molecule has 3 unspecified atom stereocenters. The molecule has 162 valence electrons. The van der Waals surface area contributed by atoms with Gasteiger partial charge in [-0.05, 0) is 43.8 Å². The summed E-state index contributed by atoms with van der Waals surface area (Å²) in [5.74, 6) is 1.54. The van der Waals surface area contributed by atoms with Crippen LogP contribution in [0.15, 0.2) is 0 Å². The summed E-state index contributed by atoms with van der Waals surface area (Å²) in [6.07, 6.45) is 4.67. The van der Waals surface area contributed by atoms with Crippen LogP contribution in [-0.4, -0.2) is 82.5 Å². The Balaban J connectivity index is 2.43. The zero-order valence-corrected chi connectivity index (χ0v) is 20.5. The molecule has 0 aromatic carbocycles. The Kier molecular flexibility index (Phi) is 12.2. The van der Waals surface area contributed by atoms with Crippen LogP contribution < -0.4 is 0 Å². The minimum absolute atomic E-state index is 0.227. The molecule has 0 radical (unpaired) electrons. The number of thioether (sulfide) groups is 1. The first-order chi connectivity index (χ1) is 12.9. The van der Waals surface area contributed by atoms with Crippen molar-refractivity contribution in [3.05, 3.63) is 0 Å². The second-order valence-corrected chi connectivity index (χ2v) is 14.4. The molecule has 0 saturated heterocycles. The highest BCUT2D eigenvalue weighted by Gasteiger charge is 2.40. The third kappa shape index (κ3) is 7.69. The van der Waals surface area contributed by atoms with E-state index >= 15 is 0 Å². The maximum Gasteiger partial charge on any atom is 0.500 e. The van der Waals surface area contributed by atoms with Gasteiger partial charge < -0.3 is 31.7 Å². The fraction of sp³-hybridized carbons (Fsp3) is 1.00. The van der Waals surface area contributed by atoms with Gasteiger partial charge in [-0.3, -0.25) is 0 Å². The van der Waals surface area contributed by atoms with Crippen LogP contribution >= 0.6 is 11.8 Å². The van der Waals surface area contributed by atoms with Crippen molar-refractivity contribution in [1.82, 2.24) is 0 Å². The van der Waals surface area contributed by atoms with E-state index in [4.69, 9.17) is 26.6 Å². The quantitative estimate of drug-likeness (QED) is 0.325. The van der Waals surface area contributed by atoms with Crippen molar-refractivity contribution in [3.8, 4) is 0 Å². The predicted molar refractivity (Wildman–Crippen MR) is 112 cm³/mol. The second kappa shape index (κ2) is 12.9. The van der Waals surface area contributed by atoms with Gasteiger partial charge in [0.1, 0.15) is 0 Å². The summed E-state index contributed by atoms with van der Waals surface area (Å²) in [6, 6.07) is 1.61. The summed E-state index contributed by atoms with van der Waals surface area (Å²) in [7, 11) is 4.90. The van der Waals surface area contributed by atoms with Crippen LogP contribution in [0.4, 0.5) is 0 Å².